The van der Waals surface area contributed by atoms with Crippen LogP contribution in [-0.4, -0.2) is 27.9 Å². The van der Waals surface area contributed by atoms with Crippen LogP contribution < -0.4 is 0 Å². The second kappa shape index (κ2) is 6.48. The summed E-state index contributed by atoms with van der Waals surface area (Å²) in [4.78, 5) is 25.6. The molecule has 2 fully saturated rings. The molecule has 3 rings (SSSR count). The number of nitrogens with zero attached hydrogens (tertiary/aromatic N) is 1. The molecule has 1 N–H and O–H groups in total. The number of carboxylic acids is 1. The Balaban J connectivity index is 1.75. The van der Waals surface area contributed by atoms with Gasteiger partial charge in [0.2, 0.25) is 5.91 Å². The molecule has 2 atom stereocenters. The fourth-order valence-corrected chi connectivity index (χ4v) is 3.51. The highest BCUT2D eigenvalue weighted by molar-refractivity contribution is 6.31. The normalized spacial score (nSPS) is 23.7. The molecule has 0 heterocycles. The maximum absolute atomic E-state index is 14.0. The van der Waals surface area contributed by atoms with Gasteiger partial charge >= 0.3 is 5.97 Å². The van der Waals surface area contributed by atoms with Gasteiger partial charge in [-0.25, -0.2) is 4.39 Å². The zero-order valence-electron chi connectivity index (χ0n) is 12.7. The van der Waals surface area contributed by atoms with Crippen LogP contribution in [0.3, 0.4) is 0 Å². The van der Waals surface area contributed by atoms with Gasteiger partial charge in [0.1, 0.15) is 5.82 Å². The van der Waals surface area contributed by atoms with Crippen molar-refractivity contribution >= 4 is 23.5 Å². The summed E-state index contributed by atoms with van der Waals surface area (Å²) in [5.74, 6) is -2.03. The van der Waals surface area contributed by atoms with E-state index in [2.05, 4.69) is 0 Å². The van der Waals surface area contributed by atoms with Crippen molar-refractivity contribution in [2.24, 2.45) is 11.8 Å². The lowest BCUT2D eigenvalue weighted by atomic mass is 10.0. The van der Waals surface area contributed by atoms with E-state index in [-0.39, 0.29) is 24.4 Å². The second-order valence-electron chi connectivity index (χ2n) is 6.44. The van der Waals surface area contributed by atoms with Gasteiger partial charge in [-0.2, -0.15) is 0 Å². The summed E-state index contributed by atoms with van der Waals surface area (Å²) in [5.41, 5.74) is 0.335. The number of rotatable bonds is 5. The molecule has 2 saturated carbocycles. The number of hydrogen-bond donors (Lipinski definition) is 1. The molecule has 0 aromatic heterocycles. The first-order chi connectivity index (χ1) is 11.0. The summed E-state index contributed by atoms with van der Waals surface area (Å²) in [7, 11) is 0. The standard InChI is InChI=1S/C17H19ClFNO3/c18-14-2-1-3-15(19)13(14)9-20(12-6-7-12)16(21)10-4-5-11(8-10)17(22)23/h1-3,10-12H,4-9H2,(H,22,23)/t10-,11+/m0/s1. The molecule has 1 aromatic carbocycles. The summed E-state index contributed by atoms with van der Waals surface area (Å²) in [6.07, 6.45) is 3.32. The minimum Gasteiger partial charge on any atom is -0.481 e. The van der Waals surface area contributed by atoms with E-state index < -0.39 is 17.7 Å². The summed E-state index contributed by atoms with van der Waals surface area (Å²) in [6.45, 7) is 0.156. The molecule has 0 saturated heterocycles. The van der Waals surface area contributed by atoms with E-state index in [0.717, 1.165) is 12.8 Å². The van der Waals surface area contributed by atoms with Crippen LogP contribution in [0.1, 0.15) is 37.7 Å². The number of aliphatic carboxylic acids is 1. The minimum absolute atomic E-state index is 0.0597. The Labute approximate surface area is 139 Å². The van der Waals surface area contributed by atoms with E-state index in [4.69, 9.17) is 16.7 Å². The summed E-state index contributed by atoms with van der Waals surface area (Å²) < 4.78 is 14.0. The molecule has 0 radical (unpaired) electrons. The third-order valence-electron chi connectivity index (χ3n) is 4.79. The molecule has 6 heteroatoms. The molecule has 0 unspecified atom stereocenters. The number of carbonyl (C=O) groups excluding carboxylic acids is 1. The SMILES string of the molecule is O=C(O)[C@@H]1CC[C@H](C(=O)N(Cc2c(F)cccc2Cl)C2CC2)C1. The Kier molecular flexibility index (Phi) is 4.57. The van der Waals surface area contributed by atoms with Crippen molar-refractivity contribution < 1.29 is 19.1 Å². The van der Waals surface area contributed by atoms with Crippen molar-refractivity contribution in [2.75, 3.05) is 0 Å². The highest BCUT2D eigenvalue weighted by Gasteiger charge is 2.40. The molecule has 2 aliphatic rings. The predicted molar refractivity (Wildman–Crippen MR) is 83.4 cm³/mol. The summed E-state index contributed by atoms with van der Waals surface area (Å²) in [6, 6.07) is 4.62. The zero-order valence-corrected chi connectivity index (χ0v) is 13.4. The van der Waals surface area contributed by atoms with Crippen LogP contribution in [-0.2, 0) is 16.1 Å². The Hall–Kier alpha value is -1.62. The van der Waals surface area contributed by atoms with Crippen LogP contribution >= 0.6 is 11.6 Å². The van der Waals surface area contributed by atoms with Gasteiger partial charge < -0.3 is 10.0 Å². The van der Waals surface area contributed by atoms with Crippen molar-refractivity contribution in [2.45, 2.75) is 44.7 Å². The first-order valence-electron chi connectivity index (χ1n) is 7.93. The van der Waals surface area contributed by atoms with Crippen molar-refractivity contribution in [3.8, 4) is 0 Å². The van der Waals surface area contributed by atoms with Crippen LogP contribution in [0.15, 0.2) is 18.2 Å². The maximum atomic E-state index is 14.0. The number of carboxylic acid groups (broad SMARTS) is 1. The van der Waals surface area contributed by atoms with Gasteiger partial charge in [-0.1, -0.05) is 17.7 Å². The first-order valence-corrected chi connectivity index (χ1v) is 8.31. The van der Waals surface area contributed by atoms with E-state index in [1.54, 1.807) is 17.0 Å². The largest absolute Gasteiger partial charge is 0.481 e. The lowest BCUT2D eigenvalue weighted by Crippen LogP contribution is -2.37. The van der Waals surface area contributed by atoms with Crippen LogP contribution in [0, 0.1) is 17.7 Å². The number of benzene rings is 1. The third-order valence-corrected chi connectivity index (χ3v) is 5.15. The highest BCUT2D eigenvalue weighted by atomic mass is 35.5. The average molecular weight is 340 g/mol. The zero-order chi connectivity index (χ0) is 16.6. The molecule has 0 aliphatic heterocycles. The highest BCUT2D eigenvalue weighted by Crippen LogP contribution is 2.37. The van der Waals surface area contributed by atoms with Gasteiger partial charge in [0.15, 0.2) is 0 Å². The lowest BCUT2D eigenvalue weighted by molar-refractivity contribution is -0.141. The molecule has 23 heavy (non-hydrogen) atoms. The Morgan fingerprint density at radius 1 is 1.22 bits per heavy atom. The molecule has 2 aliphatic carbocycles. The number of amides is 1. The monoisotopic (exact) mass is 339 g/mol. The first kappa shape index (κ1) is 16.2. The van der Waals surface area contributed by atoms with Crippen molar-refractivity contribution in [1.29, 1.82) is 0 Å². The van der Waals surface area contributed by atoms with Crippen LogP contribution in [0.5, 0.6) is 0 Å². The number of carbonyl (C=O) groups is 2. The molecule has 124 valence electrons. The van der Waals surface area contributed by atoms with E-state index in [1.807, 2.05) is 0 Å². The molecular formula is C17H19ClFNO3. The van der Waals surface area contributed by atoms with Crippen molar-refractivity contribution in [3.63, 3.8) is 0 Å². The van der Waals surface area contributed by atoms with Gasteiger partial charge in [-0.05, 0) is 44.2 Å². The van der Waals surface area contributed by atoms with Crippen LogP contribution in [0.25, 0.3) is 0 Å². The van der Waals surface area contributed by atoms with E-state index in [0.29, 0.717) is 29.8 Å². The third kappa shape index (κ3) is 3.50. The van der Waals surface area contributed by atoms with Gasteiger partial charge in [0.25, 0.3) is 0 Å². The van der Waals surface area contributed by atoms with Crippen LogP contribution in [0.2, 0.25) is 5.02 Å². The Morgan fingerprint density at radius 3 is 2.48 bits per heavy atom. The average Bonchev–Trinajstić information content (AvgIpc) is 3.21. The Bertz CT molecular complexity index is 612. The predicted octanol–water partition coefficient (Wildman–Crippen LogP) is 3.47. The molecule has 0 spiro atoms. The number of halogens is 2. The fraction of sp³-hybridized carbons (Fsp3) is 0.529. The summed E-state index contributed by atoms with van der Waals surface area (Å²) >= 11 is 6.07. The molecule has 0 bridgehead atoms. The van der Waals surface area contributed by atoms with E-state index in [9.17, 15) is 14.0 Å². The number of hydrogen-bond acceptors (Lipinski definition) is 2. The second-order valence-corrected chi connectivity index (χ2v) is 6.85. The maximum Gasteiger partial charge on any atom is 0.306 e. The van der Waals surface area contributed by atoms with Gasteiger partial charge in [0.05, 0.1) is 12.5 Å². The lowest BCUT2D eigenvalue weighted by Gasteiger charge is -2.26. The molecule has 4 nitrogen and oxygen atoms in total. The van der Waals surface area contributed by atoms with Crippen molar-refractivity contribution in [3.05, 3.63) is 34.6 Å². The van der Waals surface area contributed by atoms with E-state index in [1.165, 1.54) is 6.07 Å². The van der Waals surface area contributed by atoms with Gasteiger partial charge in [-0.3, -0.25) is 9.59 Å². The van der Waals surface area contributed by atoms with Gasteiger partial charge in [0, 0.05) is 22.5 Å². The van der Waals surface area contributed by atoms with E-state index >= 15 is 0 Å². The fourth-order valence-electron chi connectivity index (χ4n) is 3.29. The molecular weight excluding hydrogens is 321 g/mol. The van der Waals surface area contributed by atoms with Crippen LogP contribution in [0.4, 0.5) is 4.39 Å². The molecule has 1 amide bonds. The topological polar surface area (TPSA) is 57.6 Å². The van der Waals surface area contributed by atoms with Gasteiger partial charge in [-0.15, -0.1) is 0 Å². The quantitative estimate of drug-likeness (QED) is 0.893. The minimum atomic E-state index is -0.838. The smallest absolute Gasteiger partial charge is 0.306 e. The Morgan fingerprint density at radius 2 is 1.91 bits per heavy atom. The van der Waals surface area contributed by atoms with Crippen molar-refractivity contribution in [1.82, 2.24) is 4.90 Å². The molecule has 1 aromatic rings. The summed E-state index contributed by atoms with van der Waals surface area (Å²) in [5, 5.41) is 9.41.